The van der Waals surface area contributed by atoms with Gasteiger partial charge in [-0.1, -0.05) is 6.92 Å². The maximum absolute atomic E-state index is 5.45. The third-order valence-electron chi connectivity index (χ3n) is 2.11. The van der Waals surface area contributed by atoms with Crippen molar-refractivity contribution in [2.24, 2.45) is 5.73 Å². The molecule has 0 aromatic heterocycles. The van der Waals surface area contributed by atoms with Gasteiger partial charge in [0.15, 0.2) is 0 Å². The normalized spacial score (nSPS) is 11.1. The number of nitrogens with two attached hydrogens (primary N) is 1. The third-order valence-corrected chi connectivity index (χ3v) is 2.11. The molecule has 0 aliphatic rings. The van der Waals surface area contributed by atoms with Crippen molar-refractivity contribution in [2.45, 2.75) is 13.3 Å². The summed E-state index contributed by atoms with van der Waals surface area (Å²) in [4.78, 5) is 2.35. The molecular weight excluding hydrogens is 180 g/mol. The lowest BCUT2D eigenvalue weighted by atomic mass is 10.4. The molecule has 0 atom stereocenters. The zero-order valence-corrected chi connectivity index (χ0v) is 9.50. The predicted octanol–water partition coefficient (Wildman–Crippen LogP) is 0.320. The summed E-state index contributed by atoms with van der Waals surface area (Å²) < 4.78 is 10.3. The standard InChI is InChI=1S/C10H24N2O2/c1-3-12(6-4-5-11)7-8-14-10-9-13-2/h3-11H2,1-2H3. The fraction of sp³-hybridized carbons (Fsp3) is 1.00. The summed E-state index contributed by atoms with van der Waals surface area (Å²) in [5, 5.41) is 0. The summed E-state index contributed by atoms with van der Waals surface area (Å²) in [6, 6.07) is 0. The van der Waals surface area contributed by atoms with Crippen molar-refractivity contribution in [2.75, 3.05) is 53.1 Å². The van der Waals surface area contributed by atoms with Crippen LogP contribution in [-0.4, -0.2) is 58.0 Å². The molecule has 4 nitrogen and oxygen atoms in total. The maximum Gasteiger partial charge on any atom is 0.0700 e. The number of hydrogen-bond acceptors (Lipinski definition) is 4. The first-order valence-corrected chi connectivity index (χ1v) is 5.34. The average molecular weight is 204 g/mol. The van der Waals surface area contributed by atoms with E-state index in [1.807, 2.05) is 0 Å². The van der Waals surface area contributed by atoms with Crippen molar-refractivity contribution in [3.8, 4) is 0 Å². The Hall–Kier alpha value is -0.160. The summed E-state index contributed by atoms with van der Waals surface area (Å²) in [7, 11) is 1.68. The minimum atomic E-state index is 0.676. The van der Waals surface area contributed by atoms with Crippen LogP contribution in [0.2, 0.25) is 0 Å². The molecule has 0 aromatic rings. The highest BCUT2D eigenvalue weighted by Gasteiger charge is 2.00. The van der Waals surface area contributed by atoms with Crippen molar-refractivity contribution >= 4 is 0 Å². The minimum absolute atomic E-state index is 0.676. The Labute approximate surface area is 87.4 Å². The van der Waals surface area contributed by atoms with Crippen molar-refractivity contribution < 1.29 is 9.47 Å². The van der Waals surface area contributed by atoms with Crippen LogP contribution in [0.4, 0.5) is 0 Å². The second kappa shape index (κ2) is 10.9. The summed E-state index contributed by atoms with van der Waals surface area (Å²) in [6.07, 6.45) is 1.06. The van der Waals surface area contributed by atoms with Gasteiger partial charge in [0.1, 0.15) is 0 Å². The largest absolute Gasteiger partial charge is 0.382 e. The van der Waals surface area contributed by atoms with E-state index in [0.717, 1.165) is 39.2 Å². The molecule has 4 heteroatoms. The van der Waals surface area contributed by atoms with E-state index in [9.17, 15) is 0 Å². The number of hydrogen-bond donors (Lipinski definition) is 1. The predicted molar refractivity (Wildman–Crippen MR) is 58.5 cm³/mol. The molecule has 0 saturated heterocycles. The summed E-state index contributed by atoms with van der Waals surface area (Å²) in [6.45, 7) is 8.18. The van der Waals surface area contributed by atoms with Crippen LogP contribution in [0.15, 0.2) is 0 Å². The van der Waals surface area contributed by atoms with Crippen molar-refractivity contribution in [1.82, 2.24) is 4.90 Å². The number of methoxy groups -OCH3 is 1. The molecule has 0 fully saturated rings. The van der Waals surface area contributed by atoms with Crippen LogP contribution >= 0.6 is 0 Å². The first kappa shape index (κ1) is 13.8. The SMILES string of the molecule is CCN(CCCN)CCOCCOC. The lowest BCUT2D eigenvalue weighted by Gasteiger charge is -2.19. The van der Waals surface area contributed by atoms with E-state index in [0.29, 0.717) is 13.2 Å². The van der Waals surface area contributed by atoms with E-state index in [4.69, 9.17) is 15.2 Å². The molecule has 0 spiro atoms. The fourth-order valence-corrected chi connectivity index (χ4v) is 1.18. The van der Waals surface area contributed by atoms with Crippen LogP contribution < -0.4 is 5.73 Å². The van der Waals surface area contributed by atoms with Crippen LogP contribution in [0.25, 0.3) is 0 Å². The fourth-order valence-electron chi connectivity index (χ4n) is 1.18. The van der Waals surface area contributed by atoms with Crippen molar-refractivity contribution in [3.05, 3.63) is 0 Å². The Bertz CT molecular complexity index is 112. The van der Waals surface area contributed by atoms with Gasteiger partial charge in [-0.2, -0.15) is 0 Å². The van der Waals surface area contributed by atoms with Crippen LogP contribution in [-0.2, 0) is 9.47 Å². The monoisotopic (exact) mass is 204 g/mol. The minimum Gasteiger partial charge on any atom is -0.382 e. The van der Waals surface area contributed by atoms with Gasteiger partial charge in [0.05, 0.1) is 19.8 Å². The Morgan fingerprint density at radius 3 is 2.50 bits per heavy atom. The van der Waals surface area contributed by atoms with Crippen molar-refractivity contribution in [3.63, 3.8) is 0 Å². The molecule has 0 heterocycles. The van der Waals surface area contributed by atoms with Gasteiger partial charge in [-0.15, -0.1) is 0 Å². The van der Waals surface area contributed by atoms with E-state index in [-0.39, 0.29) is 0 Å². The first-order chi connectivity index (χ1) is 6.85. The molecule has 0 amide bonds. The molecule has 0 bridgehead atoms. The number of nitrogens with zero attached hydrogens (tertiary/aromatic N) is 1. The number of ether oxygens (including phenoxy) is 2. The Balaban J connectivity index is 3.24. The van der Waals surface area contributed by atoms with E-state index in [2.05, 4.69) is 11.8 Å². The van der Waals surface area contributed by atoms with Crippen LogP contribution in [0.1, 0.15) is 13.3 Å². The number of likely N-dealkylation sites (N-methyl/N-ethyl adjacent to an activating group) is 1. The zero-order valence-electron chi connectivity index (χ0n) is 9.50. The Morgan fingerprint density at radius 1 is 1.14 bits per heavy atom. The van der Waals surface area contributed by atoms with Gasteiger partial charge in [-0.05, 0) is 26.1 Å². The zero-order chi connectivity index (χ0) is 10.6. The van der Waals surface area contributed by atoms with Gasteiger partial charge < -0.3 is 20.1 Å². The summed E-state index contributed by atoms with van der Waals surface area (Å²) in [5.41, 5.74) is 5.45. The average Bonchev–Trinajstić information content (AvgIpc) is 2.22. The van der Waals surface area contributed by atoms with Gasteiger partial charge in [0, 0.05) is 13.7 Å². The highest BCUT2D eigenvalue weighted by atomic mass is 16.5. The van der Waals surface area contributed by atoms with Gasteiger partial charge in [0.2, 0.25) is 0 Å². The molecule has 0 aromatic carbocycles. The van der Waals surface area contributed by atoms with E-state index >= 15 is 0 Å². The van der Waals surface area contributed by atoms with E-state index < -0.39 is 0 Å². The quantitative estimate of drug-likeness (QED) is 0.521. The molecular formula is C10H24N2O2. The Kier molecular flexibility index (Phi) is 10.8. The van der Waals surface area contributed by atoms with Gasteiger partial charge in [0.25, 0.3) is 0 Å². The molecule has 0 aliphatic carbocycles. The lowest BCUT2D eigenvalue weighted by molar-refractivity contribution is 0.0578. The van der Waals surface area contributed by atoms with Gasteiger partial charge in [-0.3, -0.25) is 0 Å². The lowest BCUT2D eigenvalue weighted by Crippen LogP contribution is -2.30. The smallest absolute Gasteiger partial charge is 0.0700 e. The molecule has 86 valence electrons. The highest BCUT2D eigenvalue weighted by molar-refractivity contribution is 4.55. The van der Waals surface area contributed by atoms with E-state index in [1.165, 1.54) is 0 Å². The van der Waals surface area contributed by atoms with Gasteiger partial charge >= 0.3 is 0 Å². The topological polar surface area (TPSA) is 47.7 Å². The molecule has 14 heavy (non-hydrogen) atoms. The number of rotatable bonds is 10. The van der Waals surface area contributed by atoms with Crippen molar-refractivity contribution in [1.29, 1.82) is 0 Å². The van der Waals surface area contributed by atoms with Gasteiger partial charge in [-0.25, -0.2) is 0 Å². The second-order valence-corrected chi connectivity index (χ2v) is 3.18. The maximum atomic E-state index is 5.45. The second-order valence-electron chi connectivity index (χ2n) is 3.18. The molecule has 0 rings (SSSR count). The first-order valence-electron chi connectivity index (χ1n) is 5.34. The molecule has 0 saturated carbocycles. The van der Waals surface area contributed by atoms with E-state index in [1.54, 1.807) is 7.11 Å². The van der Waals surface area contributed by atoms with Crippen LogP contribution in [0, 0.1) is 0 Å². The summed E-state index contributed by atoms with van der Waals surface area (Å²) in [5.74, 6) is 0. The highest BCUT2D eigenvalue weighted by Crippen LogP contribution is 1.90. The van der Waals surface area contributed by atoms with Crippen LogP contribution in [0.5, 0.6) is 0 Å². The summed E-state index contributed by atoms with van der Waals surface area (Å²) >= 11 is 0. The molecule has 0 unspecified atom stereocenters. The molecule has 0 aliphatic heterocycles. The van der Waals surface area contributed by atoms with Crippen LogP contribution in [0.3, 0.4) is 0 Å². The molecule has 0 radical (unpaired) electrons. The molecule has 2 N–H and O–H groups in total. The Morgan fingerprint density at radius 2 is 1.93 bits per heavy atom. The third kappa shape index (κ3) is 8.44.